The summed E-state index contributed by atoms with van der Waals surface area (Å²) in [6.07, 6.45) is 2.45. The molecular weight excluding hydrogens is 260 g/mol. The van der Waals surface area contributed by atoms with Gasteiger partial charge in [-0.3, -0.25) is 0 Å². The molecule has 0 spiro atoms. The molecule has 1 unspecified atom stereocenters. The molecule has 0 bridgehead atoms. The van der Waals surface area contributed by atoms with Gasteiger partial charge in [-0.2, -0.15) is 0 Å². The zero-order valence-corrected chi connectivity index (χ0v) is 13.8. The number of nitrogens with one attached hydrogen (secondary N) is 1. The third-order valence-corrected chi connectivity index (χ3v) is 3.98. The number of hydrogen-bond acceptors (Lipinski definition) is 3. The predicted molar refractivity (Wildman–Crippen MR) is 90.0 cm³/mol. The van der Waals surface area contributed by atoms with E-state index in [4.69, 9.17) is 4.74 Å². The number of para-hydroxylation sites is 1. The Morgan fingerprint density at radius 2 is 2.14 bits per heavy atom. The highest BCUT2D eigenvalue weighted by atomic mass is 16.5. The second-order valence-corrected chi connectivity index (χ2v) is 6.27. The minimum absolute atomic E-state index is 0.493. The largest absolute Gasteiger partial charge is 0.379 e. The molecule has 0 radical (unpaired) electrons. The van der Waals surface area contributed by atoms with Gasteiger partial charge in [-0.1, -0.05) is 39.0 Å². The van der Waals surface area contributed by atoms with Crippen molar-refractivity contribution < 1.29 is 4.74 Å². The van der Waals surface area contributed by atoms with E-state index in [1.807, 2.05) is 0 Å². The molecule has 0 fully saturated rings. The monoisotopic (exact) mass is 290 g/mol. The standard InChI is InChI=1S/C18H30N2O/c1-4-19-17-9-7-11-20(12-13-21-14-15(2)3)18-10-6-5-8-16(17)18/h5-6,8,10,15,17,19H,4,7,9,11-14H2,1-3H3. The maximum atomic E-state index is 5.77. The fraction of sp³-hybridized carbons (Fsp3) is 0.667. The van der Waals surface area contributed by atoms with Gasteiger partial charge in [-0.25, -0.2) is 0 Å². The number of benzene rings is 1. The van der Waals surface area contributed by atoms with E-state index in [1.165, 1.54) is 24.1 Å². The Balaban J connectivity index is 2.02. The van der Waals surface area contributed by atoms with Gasteiger partial charge in [0.15, 0.2) is 0 Å². The van der Waals surface area contributed by atoms with Gasteiger partial charge in [0.25, 0.3) is 0 Å². The van der Waals surface area contributed by atoms with Gasteiger partial charge < -0.3 is 15.0 Å². The number of fused-ring (bicyclic) bond motifs is 1. The van der Waals surface area contributed by atoms with Crippen LogP contribution in [-0.2, 0) is 4.74 Å². The van der Waals surface area contributed by atoms with Gasteiger partial charge >= 0.3 is 0 Å². The van der Waals surface area contributed by atoms with Crippen molar-refractivity contribution >= 4 is 5.69 Å². The molecule has 21 heavy (non-hydrogen) atoms. The van der Waals surface area contributed by atoms with Crippen LogP contribution in [0.25, 0.3) is 0 Å². The van der Waals surface area contributed by atoms with Crippen molar-refractivity contribution in [3.63, 3.8) is 0 Å². The lowest BCUT2D eigenvalue weighted by molar-refractivity contribution is 0.115. The first kappa shape index (κ1) is 16.3. The lowest BCUT2D eigenvalue weighted by atomic mass is 10.0. The van der Waals surface area contributed by atoms with Gasteiger partial charge in [0.1, 0.15) is 0 Å². The van der Waals surface area contributed by atoms with Gasteiger partial charge in [-0.05, 0) is 36.9 Å². The highest BCUT2D eigenvalue weighted by Crippen LogP contribution is 2.32. The second-order valence-electron chi connectivity index (χ2n) is 6.27. The van der Waals surface area contributed by atoms with E-state index in [0.717, 1.165) is 32.8 Å². The minimum atomic E-state index is 0.493. The van der Waals surface area contributed by atoms with E-state index >= 15 is 0 Å². The normalized spacial score (nSPS) is 18.7. The van der Waals surface area contributed by atoms with Crippen LogP contribution in [0.1, 0.15) is 45.2 Å². The van der Waals surface area contributed by atoms with Gasteiger partial charge in [0.2, 0.25) is 0 Å². The highest BCUT2D eigenvalue weighted by molar-refractivity contribution is 5.55. The van der Waals surface area contributed by atoms with Crippen LogP contribution in [0.2, 0.25) is 0 Å². The quantitative estimate of drug-likeness (QED) is 0.776. The second kappa shape index (κ2) is 8.40. The smallest absolute Gasteiger partial charge is 0.0641 e. The van der Waals surface area contributed by atoms with Crippen LogP contribution in [0.4, 0.5) is 5.69 Å². The number of anilines is 1. The van der Waals surface area contributed by atoms with E-state index in [-0.39, 0.29) is 0 Å². The highest BCUT2D eigenvalue weighted by Gasteiger charge is 2.21. The van der Waals surface area contributed by atoms with Crippen LogP contribution in [0, 0.1) is 5.92 Å². The molecular formula is C18H30N2O. The van der Waals surface area contributed by atoms with Crippen molar-refractivity contribution in [3.05, 3.63) is 29.8 Å². The summed E-state index contributed by atoms with van der Waals surface area (Å²) in [5.74, 6) is 0.611. The summed E-state index contributed by atoms with van der Waals surface area (Å²) in [5, 5.41) is 3.63. The first-order chi connectivity index (χ1) is 10.2. The predicted octanol–water partition coefficient (Wildman–Crippen LogP) is 3.61. The molecule has 1 N–H and O–H groups in total. The summed E-state index contributed by atoms with van der Waals surface area (Å²) in [5.41, 5.74) is 2.83. The molecule has 0 saturated carbocycles. The summed E-state index contributed by atoms with van der Waals surface area (Å²) in [7, 11) is 0. The maximum absolute atomic E-state index is 5.77. The van der Waals surface area contributed by atoms with Gasteiger partial charge in [-0.15, -0.1) is 0 Å². The van der Waals surface area contributed by atoms with E-state index in [2.05, 4.69) is 55.3 Å². The molecule has 0 saturated heterocycles. The van der Waals surface area contributed by atoms with Crippen molar-refractivity contribution in [2.45, 2.75) is 39.7 Å². The third kappa shape index (κ3) is 4.72. The number of ether oxygens (including phenoxy) is 1. The van der Waals surface area contributed by atoms with Crippen LogP contribution in [0.15, 0.2) is 24.3 Å². The number of nitrogens with zero attached hydrogens (tertiary/aromatic N) is 1. The van der Waals surface area contributed by atoms with Crippen molar-refractivity contribution in [1.82, 2.24) is 5.32 Å². The first-order valence-corrected chi connectivity index (χ1v) is 8.37. The van der Waals surface area contributed by atoms with Crippen molar-refractivity contribution in [1.29, 1.82) is 0 Å². The molecule has 0 aromatic heterocycles. The molecule has 3 nitrogen and oxygen atoms in total. The van der Waals surface area contributed by atoms with Crippen molar-refractivity contribution in [3.8, 4) is 0 Å². The molecule has 2 rings (SSSR count). The van der Waals surface area contributed by atoms with Crippen molar-refractivity contribution in [2.75, 3.05) is 37.7 Å². The molecule has 3 heteroatoms. The zero-order valence-electron chi connectivity index (χ0n) is 13.8. The topological polar surface area (TPSA) is 24.5 Å². The zero-order chi connectivity index (χ0) is 15.1. The average Bonchev–Trinajstić information content (AvgIpc) is 2.64. The summed E-state index contributed by atoms with van der Waals surface area (Å²) in [6, 6.07) is 9.33. The molecule has 0 aliphatic carbocycles. The lowest BCUT2D eigenvalue weighted by Gasteiger charge is -2.26. The van der Waals surface area contributed by atoms with E-state index in [1.54, 1.807) is 0 Å². The SMILES string of the molecule is CCNC1CCCN(CCOCC(C)C)c2ccccc21. The van der Waals surface area contributed by atoms with Crippen LogP contribution >= 0.6 is 0 Å². The fourth-order valence-corrected chi connectivity index (χ4v) is 3.02. The Labute approximate surface area is 129 Å². The van der Waals surface area contributed by atoms with Crippen LogP contribution < -0.4 is 10.2 Å². The Morgan fingerprint density at radius 3 is 2.90 bits per heavy atom. The summed E-state index contributed by atoms with van der Waals surface area (Å²) in [6.45, 7) is 11.4. The molecule has 1 aliphatic rings. The molecule has 118 valence electrons. The lowest BCUT2D eigenvalue weighted by Crippen LogP contribution is -2.29. The van der Waals surface area contributed by atoms with E-state index in [9.17, 15) is 0 Å². The molecule has 1 aromatic rings. The molecule has 1 aromatic carbocycles. The molecule has 1 atom stereocenters. The molecule has 1 heterocycles. The third-order valence-electron chi connectivity index (χ3n) is 3.98. The number of rotatable bonds is 7. The van der Waals surface area contributed by atoms with Crippen LogP contribution in [0.5, 0.6) is 0 Å². The maximum Gasteiger partial charge on any atom is 0.0641 e. The van der Waals surface area contributed by atoms with Crippen molar-refractivity contribution in [2.24, 2.45) is 5.92 Å². The van der Waals surface area contributed by atoms with E-state index < -0.39 is 0 Å². The molecule has 0 amide bonds. The Hall–Kier alpha value is -1.06. The van der Waals surface area contributed by atoms with E-state index in [0.29, 0.717) is 12.0 Å². The summed E-state index contributed by atoms with van der Waals surface area (Å²) >= 11 is 0. The fourth-order valence-electron chi connectivity index (χ4n) is 3.02. The Bertz CT molecular complexity index is 419. The minimum Gasteiger partial charge on any atom is -0.379 e. The van der Waals surface area contributed by atoms with Gasteiger partial charge in [0, 0.05) is 31.4 Å². The Morgan fingerprint density at radius 1 is 1.33 bits per heavy atom. The molecule has 1 aliphatic heterocycles. The Kier molecular flexibility index (Phi) is 6.52. The summed E-state index contributed by atoms with van der Waals surface area (Å²) in [4.78, 5) is 2.49. The van der Waals surface area contributed by atoms with Gasteiger partial charge in [0.05, 0.1) is 6.61 Å². The number of hydrogen-bond donors (Lipinski definition) is 1. The first-order valence-electron chi connectivity index (χ1n) is 8.37. The summed E-state index contributed by atoms with van der Waals surface area (Å²) < 4.78 is 5.77. The van der Waals surface area contributed by atoms with Crippen LogP contribution in [0.3, 0.4) is 0 Å². The van der Waals surface area contributed by atoms with Crippen LogP contribution in [-0.4, -0.2) is 32.8 Å². The average molecular weight is 290 g/mol.